The quantitative estimate of drug-likeness (QED) is 0.197. The topological polar surface area (TPSA) is 84.5 Å². The number of methoxy groups -OCH3 is 1. The molecule has 0 aliphatic rings. The van der Waals surface area contributed by atoms with E-state index in [2.05, 4.69) is 10.0 Å². The van der Waals surface area contributed by atoms with Crippen LogP contribution >= 0.6 is 11.6 Å². The van der Waals surface area contributed by atoms with E-state index in [9.17, 15) is 13.2 Å². The maximum absolute atomic E-state index is 13.3. The molecule has 0 unspecified atom stereocenters. The van der Waals surface area contributed by atoms with Crippen molar-refractivity contribution >= 4 is 50.6 Å². The molecule has 0 atom stereocenters. The molecule has 0 fully saturated rings. The molecule has 0 saturated heterocycles. The minimum Gasteiger partial charge on any atom is -0.497 e. The van der Waals surface area contributed by atoms with Gasteiger partial charge in [-0.3, -0.25) is 9.52 Å². The fourth-order valence-corrected chi connectivity index (χ4v) is 4.78. The van der Waals surface area contributed by atoms with Gasteiger partial charge in [0.15, 0.2) is 0 Å². The molecule has 0 heterocycles. The van der Waals surface area contributed by atoms with Crippen LogP contribution in [0.1, 0.15) is 16.7 Å². The number of ether oxygens (including phenoxy) is 1. The van der Waals surface area contributed by atoms with Gasteiger partial charge in [0.25, 0.3) is 15.9 Å². The number of benzene rings is 4. The lowest BCUT2D eigenvalue weighted by Crippen LogP contribution is -2.15. The van der Waals surface area contributed by atoms with Crippen LogP contribution in [0.15, 0.2) is 102 Å². The second-order valence-electron chi connectivity index (χ2n) is 8.25. The molecular formula is C29H25ClN2O4S. The van der Waals surface area contributed by atoms with Crippen LogP contribution in [0, 0.1) is 6.92 Å². The lowest BCUT2D eigenvalue weighted by molar-refractivity contribution is -0.111. The highest BCUT2D eigenvalue weighted by Crippen LogP contribution is 2.25. The fraction of sp³-hybridized carbons (Fsp3) is 0.0690. The van der Waals surface area contributed by atoms with E-state index in [1.165, 1.54) is 12.1 Å². The summed E-state index contributed by atoms with van der Waals surface area (Å²) in [4.78, 5) is 13.3. The first kappa shape index (κ1) is 26.0. The van der Waals surface area contributed by atoms with Crippen LogP contribution in [-0.4, -0.2) is 21.4 Å². The SMILES string of the molecule is COc1ccc(/C=C(/C(=O)Nc2ccc(S(=O)(=O)Nc3ccc(C)c(Cl)c3)cc2)c2ccccc2)cc1. The smallest absolute Gasteiger partial charge is 0.261 e. The van der Waals surface area contributed by atoms with E-state index in [0.29, 0.717) is 22.0 Å². The Kier molecular flexibility index (Phi) is 7.96. The van der Waals surface area contributed by atoms with Gasteiger partial charge >= 0.3 is 0 Å². The van der Waals surface area contributed by atoms with Gasteiger partial charge in [-0.25, -0.2) is 8.42 Å². The molecule has 0 spiro atoms. The molecular weight excluding hydrogens is 508 g/mol. The Morgan fingerprint density at radius 1 is 0.865 bits per heavy atom. The van der Waals surface area contributed by atoms with Crippen LogP contribution in [0.2, 0.25) is 5.02 Å². The molecule has 37 heavy (non-hydrogen) atoms. The number of anilines is 2. The van der Waals surface area contributed by atoms with Crippen molar-refractivity contribution in [3.63, 3.8) is 0 Å². The molecule has 0 aliphatic carbocycles. The molecule has 0 saturated carbocycles. The largest absolute Gasteiger partial charge is 0.497 e. The van der Waals surface area contributed by atoms with Crippen LogP contribution in [0.3, 0.4) is 0 Å². The maximum Gasteiger partial charge on any atom is 0.261 e. The first-order valence-electron chi connectivity index (χ1n) is 11.4. The van der Waals surface area contributed by atoms with Gasteiger partial charge in [0.05, 0.1) is 17.7 Å². The number of nitrogens with one attached hydrogen (secondary N) is 2. The van der Waals surface area contributed by atoms with Gasteiger partial charge < -0.3 is 10.1 Å². The van der Waals surface area contributed by atoms with E-state index >= 15 is 0 Å². The van der Waals surface area contributed by atoms with Gasteiger partial charge in [-0.05, 0) is 78.2 Å². The Balaban J connectivity index is 1.54. The van der Waals surface area contributed by atoms with Crippen molar-refractivity contribution in [2.24, 2.45) is 0 Å². The zero-order valence-corrected chi connectivity index (χ0v) is 21.8. The molecule has 4 rings (SSSR count). The summed E-state index contributed by atoms with van der Waals surface area (Å²) < 4.78 is 33.4. The molecule has 0 aromatic heterocycles. The summed E-state index contributed by atoms with van der Waals surface area (Å²) in [5, 5.41) is 3.33. The molecule has 188 valence electrons. The van der Waals surface area contributed by atoms with Crippen molar-refractivity contribution < 1.29 is 17.9 Å². The fourth-order valence-electron chi connectivity index (χ4n) is 3.55. The van der Waals surface area contributed by atoms with Crippen molar-refractivity contribution in [3.8, 4) is 5.75 Å². The van der Waals surface area contributed by atoms with E-state index in [-0.39, 0.29) is 10.8 Å². The third kappa shape index (κ3) is 6.58. The summed E-state index contributed by atoms with van der Waals surface area (Å²) in [7, 11) is -2.24. The van der Waals surface area contributed by atoms with Gasteiger partial charge in [-0.1, -0.05) is 60.1 Å². The van der Waals surface area contributed by atoms with E-state index < -0.39 is 10.0 Å². The van der Waals surface area contributed by atoms with E-state index in [1.54, 1.807) is 43.5 Å². The van der Waals surface area contributed by atoms with Crippen LogP contribution in [-0.2, 0) is 14.8 Å². The number of aryl methyl sites for hydroxylation is 1. The summed E-state index contributed by atoms with van der Waals surface area (Å²) >= 11 is 6.11. The Hall–Kier alpha value is -4.07. The molecule has 2 N–H and O–H groups in total. The van der Waals surface area contributed by atoms with Crippen LogP contribution in [0.25, 0.3) is 11.6 Å². The Morgan fingerprint density at radius 3 is 2.14 bits per heavy atom. The third-order valence-corrected chi connectivity index (χ3v) is 7.41. The number of hydrogen-bond acceptors (Lipinski definition) is 4. The highest BCUT2D eigenvalue weighted by atomic mass is 35.5. The van der Waals surface area contributed by atoms with Gasteiger partial charge in [0, 0.05) is 16.3 Å². The standard InChI is InChI=1S/C29H25ClN2O4S/c1-20-8-11-24(19-28(20)30)32-37(34,35)26-16-12-23(13-17-26)31-29(33)27(22-6-4-3-5-7-22)18-21-9-14-25(36-2)15-10-21/h3-19,32H,1-2H3,(H,31,33)/b27-18+. The van der Waals surface area contributed by atoms with Crippen LogP contribution in [0.4, 0.5) is 11.4 Å². The number of amides is 1. The molecule has 4 aromatic rings. The first-order valence-corrected chi connectivity index (χ1v) is 13.2. The average molecular weight is 533 g/mol. The predicted molar refractivity (Wildman–Crippen MR) is 149 cm³/mol. The van der Waals surface area contributed by atoms with Gasteiger partial charge in [0.2, 0.25) is 0 Å². The van der Waals surface area contributed by atoms with Crippen molar-refractivity contribution in [1.29, 1.82) is 0 Å². The maximum atomic E-state index is 13.3. The molecule has 0 bridgehead atoms. The number of carbonyl (C=O) groups excluding carboxylic acids is 1. The Labute approximate surface area is 221 Å². The zero-order chi connectivity index (χ0) is 26.4. The summed E-state index contributed by atoms with van der Waals surface area (Å²) in [6, 6.07) is 27.6. The normalized spacial score (nSPS) is 11.6. The minimum absolute atomic E-state index is 0.0549. The number of hydrogen-bond donors (Lipinski definition) is 2. The monoisotopic (exact) mass is 532 g/mol. The van der Waals surface area contributed by atoms with Gasteiger partial charge in [-0.15, -0.1) is 0 Å². The average Bonchev–Trinajstić information content (AvgIpc) is 2.90. The summed E-state index contributed by atoms with van der Waals surface area (Å²) in [5.74, 6) is 0.392. The highest BCUT2D eigenvalue weighted by molar-refractivity contribution is 7.92. The minimum atomic E-state index is -3.84. The lowest BCUT2D eigenvalue weighted by Gasteiger charge is -2.12. The van der Waals surface area contributed by atoms with E-state index in [4.69, 9.17) is 16.3 Å². The predicted octanol–water partition coefficient (Wildman–Crippen LogP) is 6.64. The van der Waals surface area contributed by atoms with Crippen molar-refractivity contribution in [3.05, 3.63) is 119 Å². The van der Waals surface area contributed by atoms with E-state index in [1.807, 2.05) is 61.5 Å². The Bertz CT molecular complexity index is 1530. The number of carbonyl (C=O) groups is 1. The summed E-state index contributed by atoms with van der Waals surface area (Å²) in [6.45, 7) is 1.84. The van der Waals surface area contributed by atoms with Crippen LogP contribution < -0.4 is 14.8 Å². The third-order valence-electron chi connectivity index (χ3n) is 5.60. The number of sulfonamides is 1. The zero-order valence-electron chi connectivity index (χ0n) is 20.2. The summed E-state index contributed by atoms with van der Waals surface area (Å²) in [6.07, 6.45) is 1.79. The first-order chi connectivity index (χ1) is 17.7. The molecule has 1 amide bonds. The molecule has 4 aromatic carbocycles. The number of halogens is 1. The van der Waals surface area contributed by atoms with Crippen molar-refractivity contribution in [1.82, 2.24) is 0 Å². The van der Waals surface area contributed by atoms with Gasteiger partial charge in [0.1, 0.15) is 5.75 Å². The molecule has 6 nitrogen and oxygen atoms in total. The second-order valence-corrected chi connectivity index (χ2v) is 10.3. The van der Waals surface area contributed by atoms with Gasteiger partial charge in [-0.2, -0.15) is 0 Å². The second kappa shape index (κ2) is 11.3. The Morgan fingerprint density at radius 2 is 1.51 bits per heavy atom. The van der Waals surface area contributed by atoms with Crippen LogP contribution in [0.5, 0.6) is 5.75 Å². The lowest BCUT2D eigenvalue weighted by atomic mass is 10.0. The molecule has 0 aliphatic heterocycles. The summed E-state index contributed by atoms with van der Waals surface area (Å²) in [5.41, 5.74) is 3.71. The molecule has 8 heteroatoms. The highest BCUT2D eigenvalue weighted by Gasteiger charge is 2.16. The van der Waals surface area contributed by atoms with Crippen molar-refractivity contribution in [2.45, 2.75) is 11.8 Å². The number of rotatable bonds is 8. The van der Waals surface area contributed by atoms with Crippen molar-refractivity contribution in [2.75, 3.05) is 17.1 Å². The molecule has 0 radical (unpaired) electrons. The van der Waals surface area contributed by atoms with E-state index in [0.717, 1.165) is 22.4 Å².